The first-order valence-corrected chi connectivity index (χ1v) is 2.74. The number of nitrogens with zero attached hydrogens (tertiary/aromatic N) is 1. The second kappa shape index (κ2) is 4.32. The van der Waals surface area contributed by atoms with Gasteiger partial charge in [0.2, 0.25) is 0 Å². The molecular formula is C5H3NO4S. The molecule has 0 saturated heterocycles. The Morgan fingerprint density at radius 1 is 1.45 bits per heavy atom. The molecule has 6 heteroatoms. The Morgan fingerprint density at radius 3 is 2.27 bits per heavy atom. The summed E-state index contributed by atoms with van der Waals surface area (Å²) < 4.78 is 0. The molecule has 0 rings (SSSR count). The van der Waals surface area contributed by atoms with Crippen molar-refractivity contribution in [1.29, 1.82) is 0 Å². The van der Waals surface area contributed by atoms with E-state index in [-0.39, 0.29) is 0 Å². The summed E-state index contributed by atoms with van der Waals surface area (Å²) >= 11 is 4.09. The molecule has 0 atom stereocenters. The van der Waals surface area contributed by atoms with Gasteiger partial charge in [-0.3, -0.25) is 0 Å². The second-order valence-corrected chi connectivity index (χ2v) is 1.56. The fraction of sp³-hybridized carbons (Fsp3) is 0. The van der Waals surface area contributed by atoms with Crippen LogP contribution in [0.3, 0.4) is 0 Å². The molecule has 0 aromatic rings. The fourth-order valence-electron chi connectivity index (χ4n) is 0.308. The lowest BCUT2D eigenvalue weighted by Gasteiger charge is -1.87. The summed E-state index contributed by atoms with van der Waals surface area (Å²) in [5, 5.41) is 18.1. The number of rotatable bonds is 3. The predicted molar refractivity (Wildman–Crippen MR) is 38.4 cm³/mol. The van der Waals surface area contributed by atoms with Crippen molar-refractivity contribution < 1.29 is 19.8 Å². The monoisotopic (exact) mass is 173 g/mol. The largest absolute Gasteiger partial charge is 0.478 e. The van der Waals surface area contributed by atoms with E-state index in [1.54, 1.807) is 5.16 Å². The number of carboxylic acid groups (broad SMARTS) is 2. The van der Waals surface area contributed by atoms with Gasteiger partial charge in [0.05, 0.1) is 11.2 Å². The van der Waals surface area contributed by atoms with Crippen LogP contribution in [0.15, 0.2) is 16.8 Å². The third kappa shape index (κ3) is 3.96. The van der Waals surface area contributed by atoms with E-state index in [1.807, 2.05) is 0 Å². The van der Waals surface area contributed by atoms with Crippen molar-refractivity contribution in [3.8, 4) is 0 Å². The Labute approximate surface area is 66.7 Å². The first-order valence-electron chi connectivity index (χ1n) is 2.33. The zero-order valence-electron chi connectivity index (χ0n) is 5.14. The van der Waals surface area contributed by atoms with Gasteiger partial charge in [-0.05, 0) is 12.2 Å². The quantitative estimate of drug-likeness (QED) is 0.360. The number of carbonyl (C=O) groups is 2. The van der Waals surface area contributed by atoms with Gasteiger partial charge in [0.1, 0.15) is 0 Å². The van der Waals surface area contributed by atoms with Crippen LogP contribution in [0.5, 0.6) is 0 Å². The Kier molecular flexibility index (Phi) is 3.72. The molecule has 0 aromatic carbocycles. The summed E-state index contributed by atoms with van der Waals surface area (Å²) in [7, 11) is 0. The molecule has 0 aliphatic heterocycles. The number of hydrogen-bond acceptors (Lipinski definition) is 4. The van der Waals surface area contributed by atoms with E-state index in [9.17, 15) is 9.59 Å². The Morgan fingerprint density at radius 2 is 2.00 bits per heavy atom. The van der Waals surface area contributed by atoms with Gasteiger partial charge in [0.15, 0.2) is 5.70 Å². The van der Waals surface area contributed by atoms with Gasteiger partial charge in [0.25, 0.3) is 0 Å². The summed E-state index contributed by atoms with van der Waals surface area (Å²) in [6.07, 6.45) is 0.432. The van der Waals surface area contributed by atoms with E-state index in [0.29, 0.717) is 6.08 Å². The molecule has 0 aromatic heterocycles. The molecule has 2 N–H and O–H groups in total. The molecule has 0 heterocycles. The average molecular weight is 173 g/mol. The number of aliphatic imine (C=N–C) groups is 1. The zero-order valence-corrected chi connectivity index (χ0v) is 5.96. The third-order valence-electron chi connectivity index (χ3n) is 0.645. The first-order chi connectivity index (χ1) is 5.07. The smallest absolute Gasteiger partial charge is 0.355 e. The number of isothiocyanates is 1. The van der Waals surface area contributed by atoms with Gasteiger partial charge < -0.3 is 10.2 Å². The van der Waals surface area contributed by atoms with Crippen LogP contribution < -0.4 is 0 Å². The maximum Gasteiger partial charge on any atom is 0.355 e. The van der Waals surface area contributed by atoms with Gasteiger partial charge >= 0.3 is 11.9 Å². The average Bonchev–Trinajstić information content (AvgIpc) is 1.86. The standard InChI is InChI=1S/C5H3NO4S/c7-4(8)1-3(5(9)10)6-2-11/h1H,(H,7,8)(H,9,10)/b3-1-. The van der Waals surface area contributed by atoms with Crippen molar-refractivity contribution in [3.63, 3.8) is 0 Å². The number of aliphatic carboxylic acids is 2. The van der Waals surface area contributed by atoms with E-state index >= 15 is 0 Å². The third-order valence-corrected chi connectivity index (χ3v) is 0.737. The second-order valence-electron chi connectivity index (χ2n) is 1.38. The van der Waals surface area contributed by atoms with Crippen molar-refractivity contribution in [2.45, 2.75) is 0 Å². The normalized spacial score (nSPS) is 10.0. The van der Waals surface area contributed by atoms with Crippen molar-refractivity contribution in [2.24, 2.45) is 4.99 Å². The lowest BCUT2D eigenvalue weighted by atomic mass is 10.4. The molecule has 0 fully saturated rings. The maximum absolute atomic E-state index is 10.1. The lowest BCUT2D eigenvalue weighted by Crippen LogP contribution is -2.01. The van der Waals surface area contributed by atoms with Crippen LogP contribution in [0.4, 0.5) is 0 Å². The molecule has 0 aliphatic rings. The Bertz CT molecular complexity index is 260. The van der Waals surface area contributed by atoms with Crippen LogP contribution in [0, 0.1) is 0 Å². The summed E-state index contributed by atoms with van der Waals surface area (Å²) in [4.78, 5) is 23.1. The lowest BCUT2D eigenvalue weighted by molar-refractivity contribution is -0.135. The highest BCUT2D eigenvalue weighted by Gasteiger charge is 2.06. The highest BCUT2D eigenvalue weighted by Crippen LogP contribution is 1.94. The Balaban J connectivity index is 4.73. The topological polar surface area (TPSA) is 87.0 Å². The molecule has 0 saturated carbocycles. The molecule has 0 aliphatic carbocycles. The van der Waals surface area contributed by atoms with Crippen molar-refractivity contribution >= 4 is 29.3 Å². The minimum atomic E-state index is -1.45. The minimum Gasteiger partial charge on any atom is -0.478 e. The summed E-state index contributed by atoms with van der Waals surface area (Å²) in [6, 6.07) is 0. The Hall–Kier alpha value is -1.52. The molecule has 5 nitrogen and oxygen atoms in total. The van der Waals surface area contributed by atoms with Gasteiger partial charge in [-0.25, -0.2) is 9.59 Å². The molecule has 11 heavy (non-hydrogen) atoms. The first kappa shape index (κ1) is 9.48. The van der Waals surface area contributed by atoms with Crippen LogP contribution >= 0.6 is 12.2 Å². The number of carboxylic acids is 2. The van der Waals surface area contributed by atoms with E-state index in [2.05, 4.69) is 17.2 Å². The molecule has 0 amide bonds. The SMILES string of the molecule is O=C(O)/C=C(\N=C=S)C(=O)O. The molecule has 58 valence electrons. The van der Waals surface area contributed by atoms with E-state index in [4.69, 9.17) is 10.2 Å². The summed E-state index contributed by atoms with van der Waals surface area (Å²) in [5.41, 5.74) is -0.646. The van der Waals surface area contributed by atoms with Gasteiger partial charge in [-0.1, -0.05) is 0 Å². The number of thiocarbonyl (C=S) groups is 1. The highest BCUT2D eigenvalue weighted by molar-refractivity contribution is 7.78. The minimum absolute atomic E-state index is 0.432. The van der Waals surface area contributed by atoms with Gasteiger partial charge in [-0.15, -0.1) is 0 Å². The van der Waals surface area contributed by atoms with Crippen LogP contribution in [0.2, 0.25) is 0 Å². The molecule has 0 spiro atoms. The maximum atomic E-state index is 10.1. The fourth-order valence-corrected chi connectivity index (χ4v) is 0.406. The molecule has 0 radical (unpaired) electrons. The van der Waals surface area contributed by atoms with E-state index in [0.717, 1.165) is 0 Å². The van der Waals surface area contributed by atoms with E-state index in [1.165, 1.54) is 0 Å². The van der Waals surface area contributed by atoms with Gasteiger partial charge in [0, 0.05) is 0 Å². The summed E-state index contributed by atoms with van der Waals surface area (Å²) in [5.74, 6) is -2.85. The van der Waals surface area contributed by atoms with Crippen LogP contribution in [0.25, 0.3) is 0 Å². The number of hydrogen-bond donors (Lipinski definition) is 2. The molecule has 0 unspecified atom stereocenters. The van der Waals surface area contributed by atoms with Crippen LogP contribution in [0.1, 0.15) is 0 Å². The molecular weight excluding hydrogens is 170 g/mol. The highest BCUT2D eigenvalue weighted by atomic mass is 32.1. The van der Waals surface area contributed by atoms with Crippen molar-refractivity contribution in [1.82, 2.24) is 0 Å². The predicted octanol–water partition coefficient (Wildman–Crippen LogP) is 0.142. The summed E-state index contributed by atoms with van der Waals surface area (Å²) in [6.45, 7) is 0. The van der Waals surface area contributed by atoms with Crippen molar-refractivity contribution in [2.75, 3.05) is 0 Å². The molecule has 0 bridgehead atoms. The van der Waals surface area contributed by atoms with Gasteiger partial charge in [-0.2, -0.15) is 4.99 Å². The zero-order chi connectivity index (χ0) is 8.85. The van der Waals surface area contributed by atoms with E-state index < -0.39 is 17.6 Å². The van der Waals surface area contributed by atoms with Crippen LogP contribution in [-0.2, 0) is 9.59 Å². The van der Waals surface area contributed by atoms with Crippen LogP contribution in [-0.4, -0.2) is 27.3 Å². The van der Waals surface area contributed by atoms with Crippen molar-refractivity contribution in [3.05, 3.63) is 11.8 Å².